The molecule has 2 bridgehead atoms. The predicted octanol–water partition coefficient (Wildman–Crippen LogP) is 3.22. The van der Waals surface area contributed by atoms with Gasteiger partial charge in [-0.3, -0.25) is 4.90 Å². The number of aromatic nitrogens is 2. The molecule has 0 unspecified atom stereocenters. The fourth-order valence-corrected chi connectivity index (χ4v) is 6.55. The van der Waals surface area contributed by atoms with Crippen LogP contribution in [0.5, 0.6) is 11.5 Å². The van der Waals surface area contributed by atoms with Gasteiger partial charge in [0, 0.05) is 36.8 Å². The second kappa shape index (κ2) is 9.60. The lowest BCUT2D eigenvalue weighted by molar-refractivity contribution is 0.0317. The number of benzene rings is 1. The number of piperidine rings is 3. The van der Waals surface area contributed by atoms with E-state index in [1.54, 1.807) is 18.4 Å². The number of sulfonamides is 1. The molecule has 1 N–H and O–H groups in total. The van der Waals surface area contributed by atoms with Crippen molar-refractivity contribution in [3.05, 3.63) is 54.2 Å². The fraction of sp³-hybridized carbons (Fsp3) is 0.440. The van der Waals surface area contributed by atoms with E-state index in [0.29, 0.717) is 18.2 Å². The van der Waals surface area contributed by atoms with Crippen LogP contribution in [0.1, 0.15) is 30.3 Å². The number of aryl methyl sites for hydroxylation is 1. The highest BCUT2D eigenvalue weighted by Crippen LogP contribution is 2.42. The Morgan fingerprint density at radius 3 is 2.71 bits per heavy atom. The summed E-state index contributed by atoms with van der Waals surface area (Å²) in [7, 11) is -0.805. The van der Waals surface area contributed by atoms with Gasteiger partial charge in [0.05, 0.1) is 20.5 Å². The van der Waals surface area contributed by atoms with E-state index in [4.69, 9.17) is 18.9 Å². The number of rotatable bonds is 8. The first-order valence-corrected chi connectivity index (χ1v) is 13.2. The van der Waals surface area contributed by atoms with Gasteiger partial charge < -0.3 is 13.9 Å². The summed E-state index contributed by atoms with van der Waals surface area (Å²) in [6.45, 7) is 4.03. The first-order valence-electron chi connectivity index (χ1n) is 11.7. The molecular formula is C25H30N4O5S. The van der Waals surface area contributed by atoms with E-state index in [2.05, 4.69) is 14.6 Å². The molecule has 6 rings (SSSR count). The number of methoxy groups -OCH3 is 2. The maximum atomic E-state index is 13.1. The van der Waals surface area contributed by atoms with E-state index >= 15 is 0 Å². The van der Waals surface area contributed by atoms with E-state index in [1.165, 1.54) is 20.3 Å². The van der Waals surface area contributed by atoms with Gasteiger partial charge in [0.15, 0.2) is 5.76 Å². The molecule has 9 nitrogen and oxygen atoms in total. The van der Waals surface area contributed by atoms with E-state index in [-0.39, 0.29) is 22.6 Å². The lowest BCUT2D eigenvalue weighted by Gasteiger charge is -2.49. The molecule has 186 valence electrons. The van der Waals surface area contributed by atoms with Crippen molar-refractivity contribution in [1.29, 1.82) is 0 Å². The van der Waals surface area contributed by atoms with Gasteiger partial charge in [0.2, 0.25) is 10.0 Å². The standard InChI is InChI=1S/C25H30N4O5S/c1-16-27-21(13-22(28-16)23-5-4-10-34-23)20-15-29-9-8-17(20)11-18(29)14-26-35(30,31)25-12-19(32-2)6-7-24(25)33-3/h4-7,10,12-13,17-18,20,26H,8-9,11,14-15H2,1-3H3/t17-,18+,20-/m0/s1. The summed E-state index contributed by atoms with van der Waals surface area (Å²) in [5, 5.41) is 0. The van der Waals surface area contributed by atoms with Crippen molar-refractivity contribution < 1.29 is 22.3 Å². The van der Waals surface area contributed by atoms with E-state index in [9.17, 15) is 8.42 Å². The SMILES string of the molecule is COc1ccc(OC)c(S(=O)(=O)NC[C@H]2C[C@@H]3CC[N@@]2C[C@@H]3c2cc(-c3ccco3)nc(C)n2)c1. The minimum atomic E-state index is -3.77. The Morgan fingerprint density at radius 1 is 1.17 bits per heavy atom. The van der Waals surface area contributed by atoms with E-state index in [1.807, 2.05) is 25.1 Å². The highest BCUT2D eigenvalue weighted by molar-refractivity contribution is 7.89. The summed E-state index contributed by atoms with van der Waals surface area (Å²) < 4.78 is 45.1. The largest absolute Gasteiger partial charge is 0.497 e. The highest BCUT2D eigenvalue weighted by Gasteiger charge is 2.42. The Balaban J connectivity index is 1.30. The van der Waals surface area contributed by atoms with Gasteiger partial charge in [0.1, 0.15) is 27.9 Å². The molecule has 3 fully saturated rings. The Labute approximate surface area is 205 Å². The maximum Gasteiger partial charge on any atom is 0.244 e. The molecular weight excluding hydrogens is 468 g/mol. The topological polar surface area (TPSA) is 107 Å². The van der Waals surface area contributed by atoms with Gasteiger partial charge in [-0.05, 0) is 62.6 Å². The summed E-state index contributed by atoms with van der Waals surface area (Å²) in [6.07, 6.45) is 3.62. The molecule has 3 aliphatic rings. The Bertz CT molecular complexity index is 1300. The number of fused-ring (bicyclic) bond motifs is 3. The molecule has 1 aromatic carbocycles. The maximum absolute atomic E-state index is 13.1. The van der Waals surface area contributed by atoms with Gasteiger partial charge in [-0.2, -0.15) is 0 Å². The van der Waals surface area contributed by atoms with Crippen molar-refractivity contribution in [3.63, 3.8) is 0 Å². The zero-order valence-corrected chi connectivity index (χ0v) is 20.9. The third kappa shape index (κ3) is 4.78. The van der Waals surface area contributed by atoms with Gasteiger partial charge in [-0.1, -0.05) is 0 Å². The Morgan fingerprint density at radius 2 is 2.03 bits per heavy atom. The van der Waals surface area contributed by atoms with Crippen LogP contribution in [-0.4, -0.2) is 63.2 Å². The molecule has 3 saturated heterocycles. The van der Waals surface area contributed by atoms with Gasteiger partial charge in [0.25, 0.3) is 0 Å². The van der Waals surface area contributed by atoms with Crippen LogP contribution in [0.2, 0.25) is 0 Å². The molecule has 35 heavy (non-hydrogen) atoms. The second-order valence-corrected chi connectivity index (χ2v) is 10.8. The summed E-state index contributed by atoms with van der Waals surface area (Å²) in [5.41, 5.74) is 1.82. The van der Waals surface area contributed by atoms with Crippen molar-refractivity contribution in [3.8, 4) is 23.0 Å². The van der Waals surface area contributed by atoms with Crippen LogP contribution in [-0.2, 0) is 10.0 Å². The van der Waals surface area contributed by atoms with Crippen LogP contribution >= 0.6 is 0 Å². The first kappa shape index (κ1) is 23.8. The third-order valence-corrected chi connectivity index (χ3v) is 8.50. The van der Waals surface area contributed by atoms with Gasteiger partial charge in [-0.25, -0.2) is 23.1 Å². The van der Waals surface area contributed by atoms with E-state index < -0.39 is 10.0 Å². The molecule has 0 saturated carbocycles. The number of hydrogen-bond acceptors (Lipinski definition) is 8. The minimum absolute atomic E-state index is 0.0788. The number of furan rings is 1. The molecule has 4 atom stereocenters. The highest BCUT2D eigenvalue weighted by atomic mass is 32.2. The van der Waals surface area contributed by atoms with Crippen molar-refractivity contribution in [1.82, 2.24) is 19.6 Å². The molecule has 3 aromatic rings. The molecule has 10 heteroatoms. The number of nitrogens with zero attached hydrogens (tertiary/aromatic N) is 3. The molecule has 0 amide bonds. The Kier molecular flexibility index (Phi) is 6.52. The Hall–Kier alpha value is -2.95. The van der Waals surface area contributed by atoms with Gasteiger partial charge >= 0.3 is 0 Å². The third-order valence-electron chi connectivity index (χ3n) is 7.06. The number of nitrogens with one attached hydrogen (secondary N) is 1. The number of ether oxygens (including phenoxy) is 2. The average molecular weight is 499 g/mol. The van der Waals surface area contributed by atoms with Crippen LogP contribution < -0.4 is 14.2 Å². The van der Waals surface area contributed by atoms with Gasteiger partial charge in [-0.15, -0.1) is 0 Å². The predicted molar refractivity (Wildman–Crippen MR) is 130 cm³/mol. The monoisotopic (exact) mass is 498 g/mol. The first-order chi connectivity index (χ1) is 16.9. The second-order valence-electron chi connectivity index (χ2n) is 9.11. The lowest BCUT2D eigenvalue weighted by Crippen LogP contribution is -2.56. The zero-order valence-electron chi connectivity index (χ0n) is 20.1. The lowest BCUT2D eigenvalue weighted by atomic mass is 9.74. The van der Waals surface area contributed by atoms with Crippen molar-refractivity contribution in [2.24, 2.45) is 5.92 Å². The normalized spacial score (nSPS) is 23.9. The smallest absolute Gasteiger partial charge is 0.244 e. The van der Waals surface area contributed by atoms with Crippen LogP contribution in [0.15, 0.2) is 52.0 Å². The molecule has 3 aliphatic heterocycles. The summed E-state index contributed by atoms with van der Waals surface area (Å²) in [5.74, 6) is 2.92. The fourth-order valence-electron chi connectivity index (χ4n) is 5.29. The summed E-state index contributed by atoms with van der Waals surface area (Å²) in [6, 6.07) is 10.7. The molecule has 0 radical (unpaired) electrons. The average Bonchev–Trinajstić information content (AvgIpc) is 3.42. The van der Waals surface area contributed by atoms with E-state index in [0.717, 1.165) is 48.9 Å². The van der Waals surface area contributed by atoms with Crippen molar-refractivity contribution in [2.45, 2.75) is 36.6 Å². The quantitative estimate of drug-likeness (QED) is 0.505. The summed E-state index contributed by atoms with van der Waals surface area (Å²) >= 11 is 0. The van der Waals surface area contributed by atoms with Crippen molar-refractivity contribution >= 4 is 10.0 Å². The van der Waals surface area contributed by atoms with Crippen LogP contribution in [0.3, 0.4) is 0 Å². The van der Waals surface area contributed by atoms with Crippen LogP contribution in [0, 0.1) is 12.8 Å². The van der Waals surface area contributed by atoms with Crippen LogP contribution in [0.25, 0.3) is 11.5 Å². The van der Waals surface area contributed by atoms with Crippen LogP contribution in [0.4, 0.5) is 0 Å². The number of hydrogen-bond donors (Lipinski definition) is 1. The minimum Gasteiger partial charge on any atom is -0.497 e. The summed E-state index contributed by atoms with van der Waals surface area (Å²) in [4.78, 5) is 11.8. The van der Waals surface area contributed by atoms with Crippen molar-refractivity contribution in [2.75, 3.05) is 33.9 Å². The molecule has 0 spiro atoms. The molecule has 2 aromatic heterocycles. The molecule has 0 aliphatic carbocycles. The zero-order chi connectivity index (χ0) is 24.6. The molecule has 5 heterocycles.